The number of nitrogens with one attached hydrogen (secondary N) is 1. The molecule has 0 bridgehead atoms. The SMILES string of the molecule is NC(=O)C1CNCCN1CC1CCCOC1. The van der Waals surface area contributed by atoms with Crippen LogP contribution in [0.5, 0.6) is 0 Å². The highest BCUT2D eigenvalue weighted by Gasteiger charge is 2.29. The lowest BCUT2D eigenvalue weighted by Gasteiger charge is -2.37. The molecule has 92 valence electrons. The quantitative estimate of drug-likeness (QED) is 0.660. The highest BCUT2D eigenvalue weighted by Crippen LogP contribution is 2.16. The largest absolute Gasteiger partial charge is 0.381 e. The summed E-state index contributed by atoms with van der Waals surface area (Å²) < 4.78 is 5.46. The van der Waals surface area contributed by atoms with E-state index in [9.17, 15) is 4.79 Å². The summed E-state index contributed by atoms with van der Waals surface area (Å²) in [6.07, 6.45) is 2.34. The van der Waals surface area contributed by atoms with Crippen LogP contribution in [0.4, 0.5) is 0 Å². The minimum Gasteiger partial charge on any atom is -0.381 e. The molecule has 2 aliphatic rings. The van der Waals surface area contributed by atoms with Crippen molar-refractivity contribution in [2.45, 2.75) is 18.9 Å². The first-order valence-corrected chi connectivity index (χ1v) is 6.09. The number of nitrogens with two attached hydrogens (primary N) is 1. The first kappa shape index (κ1) is 11.8. The Labute approximate surface area is 96.3 Å². The molecule has 0 spiro atoms. The molecule has 0 aromatic carbocycles. The maximum Gasteiger partial charge on any atom is 0.236 e. The van der Waals surface area contributed by atoms with Crippen LogP contribution in [0.2, 0.25) is 0 Å². The summed E-state index contributed by atoms with van der Waals surface area (Å²) >= 11 is 0. The van der Waals surface area contributed by atoms with E-state index in [1.54, 1.807) is 0 Å². The van der Waals surface area contributed by atoms with Gasteiger partial charge in [0.15, 0.2) is 0 Å². The molecule has 16 heavy (non-hydrogen) atoms. The molecule has 2 atom stereocenters. The number of carbonyl (C=O) groups excluding carboxylic acids is 1. The Morgan fingerprint density at radius 3 is 3.12 bits per heavy atom. The first-order valence-electron chi connectivity index (χ1n) is 6.09. The number of ether oxygens (including phenoxy) is 1. The Morgan fingerprint density at radius 2 is 2.44 bits per heavy atom. The predicted octanol–water partition coefficient (Wildman–Crippen LogP) is -0.828. The van der Waals surface area contributed by atoms with Gasteiger partial charge in [0, 0.05) is 32.8 Å². The van der Waals surface area contributed by atoms with Crippen LogP contribution in [-0.4, -0.2) is 56.2 Å². The average molecular weight is 227 g/mol. The molecule has 0 aromatic rings. The summed E-state index contributed by atoms with van der Waals surface area (Å²) in [4.78, 5) is 13.5. The summed E-state index contributed by atoms with van der Waals surface area (Å²) in [7, 11) is 0. The number of hydrogen-bond acceptors (Lipinski definition) is 4. The van der Waals surface area contributed by atoms with Gasteiger partial charge >= 0.3 is 0 Å². The monoisotopic (exact) mass is 227 g/mol. The number of carbonyl (C=O) groups is 1. The number of rotatable bonds is 3. The molecule has 1 amide bonds. The van der Waals surface area contributed by atoms with Crippen LogP contribution in [0.25, 0.3) is 0 Å². The number of primary amides is 1. The highest BCUT2D eigenvalue weighted by molar-refractivity contribution is 5.80. The Balaban J connectivity index is 1.87. The van der Waals surface area contributed by atoms with Gasteiger partial charge in [-0.25, -0.2) is 0 Å². The summed E-state index contributed by atoms with van der Waals surface area (Å²) in [6.45, 7) is 5.19. The van der Waals surface area contributed by atoms with Gasteiger partial charge in [0.1, 0.15) is 6.04 Å². The van der Waals surface area contributed by atoms with E-state index in [4.69, 9.17) is 10.5 Å². The fraction of sp³-hybridized carbons (Fsp3) is 0.909. The molecular weight excluding hydrogens is 206 g/mol. The third kappa shape index (κ3) is 2.93. The van der Waals surface area contributed by atoms with E-state index in [1.165, 1.54) is 6.42 Å². The molecule has 2 saturated heterocycles. The van der Waals surface area contributed by atoms with Crippen LogP contribution in [0.1, 0.15) is 12.8 Å². The molecular formula is C11H21N3O2. The zero-order valence-corrected chi connectivity index (χ0v) is 9.65. The first-order chi connectivity index (χ1) is 7.77. The van der Waals surface area contributed by atoms with Gasteiger partial charge in [0.2, 0.25) is 5.91 Å². The van der Waals surface area contributed by atoms with Crippen molar-refractivity contribution in [2.75, 3.05) is 39.4 Å². The Morgan fingerprint density at radius 1 is 1.56 bits per heavy atom. The maximum atomic E-state index is 11.3. The second kappa shape index (κ2) is 5.61. The Bertz CT molecular complexity index is 241. The Kier molecular flexibility index (Phi) is 4.15. The Hall–Kier alpha value is -0.650. The summed E-state index contributed by atoms with van der Waals surface area (Å²) in [5, 5.41) is 3.21. The van der Waals surface area contributed by atoms with Crippen molar-refractivity contribution in [3.63, 3.8) is 0 Å². The van der Waals surface area contributed by atoms with Crippen LogP contribution in [0.3, 0.4) is 0 Å². The minimum atomic E-state index is -0.219. The van der Waals surface area contributed by atoms with Crippen molar-refractivity contribution in [1.29, 1.82) is 0 Å². The zero-order valence-electron chi connectivity index (χ0n) is 9.65. The second-order valence-corrected chi connectivity index (χ2v) is 4.70. The van der Waals surface area contributed by atoms with Gasteiger partial charge in [-0.15, -0.1) is 0 Å². The number of hydrogen-bond donors (Lipinski definition) is 2. The van der Waals surface area contributed by atoms with Crippen molar-refractivity contribution in [3.05, 3.63) is 0 Å². The number of piperazine rings is 1. The smallest absolute Gasteiger partial charge is 0.236 e. The number of amides is 1. The molecule has 0 saturated carbocycles. The van der Waals surface area contributed by atoms with Gasteiger partial charge in [0.25, 0.3) is 0 Å². The normalized spacial score (nSPS) is 32.5. The summed E-state index contributed by atoms with van der Waals surface area (Å²) in [5.41, 5.74) is 5.41. The molecule has 2 rings (SSSR count). The standard InChI is InChI=1S/C11H21N3O2/c12-11(15)10-6-13-3-4-14(10)7-9-2-1-5-16-8-9/h9-10,13H,1-8H2,(H2,12,15). The van der Waals surface area contributed by atoms with Crippen molar-refractivity contribution in [1.82, 2.24) is 10.2 Å². The lowest BCUT2D eigenvalue weighted by atomic mass is 10.00. The third-order valence-corrected chi connectivity index (χ3v) is 3.43. The molecule has 3 N–H and O–H groups in total. The lowest BCUT2D eigenvalue weighted by Crippen LogP contribution is -2.58. The van der Waals surface area contributed by atoms with E-state index in [1.807, 2.05) is 0 Å². The molecule has 0 radical (unpaired) electrons. The van der Waals surface area contributed by atoms with E-state index in [0.29, 0.717) is 12.5 Å². The molecule has 5 heteroatoms. The molecule has 2 fully saturated rings. The number of nitrogens with zero attached hydrogens (tertiary/aromatic N) is 1. The van der Waals surface area contributed by atoms with E-state index in [2.05, 4.69) is 10.2 Å². The summed E-state index contributed by atoms with van der Waals surface area (Å²) in [6, 6.07) is -0.143. The van der Waals surface area contributed by atoms with Crippen LogP contribution in [-0.2, 0) is 9.53 Å². The summed E-state index contributed by atoms with van der Waals surface area (Å²) in [5.74, 6) is 0.345. The maximum absolute atomic E-state index is 11.3. The molecule has 0 aromatic heterocycles. The van der Waals surface area contributed by atoms with Crippen molar-refractivity contribution >= 4 is 5.91 Å². The topological polar surface area (TPSA) is 67.6 Å². The average Bonchev–Trinajstić information content (AvgIpc) is 2.31. The van der Waals surface area contributed by atoms with E-state index < -0.39 is 0 Å². The van der Waals surface area contributed by atoms with Crippen LogP contribution >= 0.6 is 0 Å². The zero-order chi connectivity index (χ0) is 11.4. The molecule has 2 heterocycles. The molecule has 5 nitrogen and oxygen atoms in total. The molecule has 2 aliphatic heterocycles. The molecule has 0 aliphatic carbocycles. The fourth-order valence-electron chi connectivity index (χ4n) is 2.53. The second-order valence-electron chi connectivity index (χ2n) is 4.70. The van der Waals surface area contributed by atoms with Crippen LogP contribution in [0, 0.1) is 5.92 Å². The minimum absolute atomic E-state index is 0.143. The van der Waals surface area contributed by atoms with E-state index in [0.717, 1.165) is 39.3 Å². The predicted molar refractivity (Wildman–Crippen MR) is 61.0 cm³/mol. The molecule has 2 unspecified atom stereocenters. The van der Waals surface area contributed by atoms with Gasteiger partial charge in [-0.05, 0) is 18.8 Å². The third-order valence-electron chi connectivity index (χ3n) is 3.43. The van der Waals surface area contributed by atoms with Gasteiger partial charge in [-0.1, -0.05) is 0 Å². The van der Waals surface area contributed by atoms with Crippen molar-refractivity contribution in [2.24, 2.45) is 11.7 Å². The van der Waals surface area contributed by atoms with Crippen LogP contribution < -0.4 is 11.1 Å². The van der Waals surface area contributed by atoms with Gasteiger partial charge in [-0.3, -0.25) is 9.69 Å². The van der Waals surface area contributed by atoms with E-state index >= 15 is 0 Å². The van der Waals surface area contributed by atoms with Gasteiger partial charge < -0.3 is 15.8 Å². The van der Waals surface area contributed by atoms with Crippen LogP contribution in [0.15, 0.2) is 0 Å². The lowest BCUT2D eigenvalue weighted by molar-refractivity contribution is -0.124. The fourth-order valence-corrected chi connectivity index (χ4v) is 2.53. The van der Waals surface area contributed by atoms with Gasteiger partial charge in [-0.2, -0.15) is 0 Å². The van der Waals surface area contributed by atoms with Gasteiger partial charge in [0.05, 0.1) is 6.61 Å². The highest BCUT2D eigenvalue weighted by atomic mass is 16.5. The van der Waals surface area contributed by atoms with Crippen molar-refractivity contribution < 1.29 is 9.53 Å². The van der Waals surface area contributed by atoms with Crippen molar-refractivity contribution in [3.8, 4) is 0 Å². The van der Waals surface area contributed by atoms with E-state index in [-0.39, 0.29) is 11.9 Å².